The van der Waals surface area contributed by atoms with Crippen molar-refractivity contribution in [2.75, 3.05) is 20.1 Å². The number of likely N-dealkylation sites (N-methyl/N-ethyl adjacent to an activating group) is 1. The lowest BCUT2D eigenvalue weighted by molar-refractivity contribution is -0.403. The van der Waals surface area contributed by atoms with Gasteiger partial charge in [-0.05, 0) is 24.2 Å². The first-order valence-corrected chi connectivity index (χ1v) is 9.44. The number of aromatic nitrogens is 1. The lowest BCUT2D eigenvalue weighted by Gasteiger charge is -2.17. The molecule has 8 heteroatoms. The summed E-state index contributed by atoms with van der Waals surface area (Å²) in [5.74, 6) is 0.680. The standard InChI is InChI=1S/C18H21ClN4O2S/c1-22(12-16-7-8-17(19)21-11-16)10-9-20-18(13-23(24)25)26-14-15-5-3-2-4-6-15/h2-8,11,13,20H,9-10,12,14H2,1H3/b18-13+. The first-order valence-electron chi connectivity index (χ1n) is 8.08. The number of hydrogen-bond acceptors (Lipinski definition) is 6. The first kappa shape index (κ1) is 20.2. The van der Waals surface area contributed by atoms with Crippen molar-refractivity contribution in [2.45, 2.75) is 12.3 Å². The van der Waals surface area contributed by atoms with Gasteiger partial charge < -0.3 is 10.2 Å². The third-order valence-electron chi connectivity index (χ3n) is 3.49. The second kappa shape index (κ2) is 10.8. The minimum absolute atomic E-state index is 0.427. The van der Waals surface area contributed by atoms with E-state index in [1.54, 1.807) is 12.3 Å². The molecule has 2 aromatic rings. The summed E-state index contributed by atoms with van der Waals surface area (Å²) in [5.41, 5.74) is 2.19. The second-order valence-electron chi connectivity index (χ2n) is 5.71. The second-order valence-corrected chi connectivity index (χ2v) is 7.11. The summed E-state index contributed by atoms with van der Waals surface area (Å²) >= 11 is 7.21. The normalized spacial score (nSPS) is 11.6. The summed E-state index contributed by atoms with van der Waals surface area (Å²) in [4.78, 5) is 16.6. The van der Waals surface area contributed by atoms with Crippen LogP contribution >= 0.6 is 23.4 Å². The Balaban J connectivity index is 1.79. The van der Waals surface area contributed by atoms with E-state index in [-0.39, 0.29) is 0 Å². The average Bonchev–Trinajstić information content (AvgIpc) is 2.62. The minimum Gasteiger partial charge on any atom is -0.374 e. The number of benzene rings is 1. The van der Waals surface area contributed by atoms with Gasteiger partial charge in [0.1, 0.15) is 10.2 Å². The van der Waals surface area contributed by atoms with E-state index in [0.29, 0.717) is 22.5 Å². The van der Waals surface area contributed by atoms with Gasteiger partial charge in [-0.1, -0.05) is 59.8 Å². The molecule has 0 aliphatic rings. The van der Waals surface area contributed by atoms with Crippen LogP contribution in [0.3, 0.4) is 0 Å². The van der Waals surface area contributed by atoms with Gasteiger partial charge in [0, 0.05) is 31.6 Å². The molecule has 1 heterocycles. The fourth-order valence-corrected chi connectivity index (χ4v) is 3.22. The van der Waals surface area contributed by atoms with Crippen LogP contribution in [0.4, 0.5) is 0 Å². The minimum atomic E-state index is -0.427. The van der Waals surface area contributed by atoms with Crippen molar-refractivity contribution in [2.24, 2.45) is 0 Å². The van der Waals surface area contributed by atoms with Gasteiger partial charge in [0.2, 0.25) is 0 Å². The third kappa shape index (κ3) is 7.86. The summed E-state index contributed by atoms with van der Waals surface area (Å²) in [6.45, 7) is 2.08. The van der Waals surface area contributed by atoms with Gasteiger partial charge in [0.25, 0.3) is 6.20 Å². The zero-order chi connectivity index (χ0) is 18.8. The number of rotatable bonds is 10. The van der Waals surface area contributed by atoms with Gasteiger partial charge in [0.15, 0.2) is 0 Å². The highest BCUT2D eigenvalue weighted by molar-refractivity contribution is 8.02. The van der Waals surface area contributed by atoms with Gasteiger partial charge in [-0.15, -0.1) is 0 Å². The highest BCUT2D eigenvalue weighted by Gasteiger charge is 2.06. The van der Waals surface area contributed by atoms with Crippen LogP contribution in [0.25, 0.3) is 0 Å². The van der Waals surface area contributed by atoms with Crippen molar-refractivity contribution in [3.63, 3.8) is 0 Å². The Morgan fingerprint density at radius 2 is 2.08 bits per heavy atom. The van der Waals surface area contributed by atoms with E-state index < -0.39 is 4.92 Å². The maximum atomic E-state index is 10.8. The van der Waals surface area contributed by atoms with E-state index in [1.807, 2.05) is 43.4 Å². The molecule has 0 aliphatic heterocycles. The van der Waals surface area contributed by atoms with Crippen LogP contribution in [0.1, 0.15) is 11.1 Å². The Morgan fingerprint density at radius 1 is 1.31 bits per heavy atom. The molecule has 1 aromatic carbocycles. The van der Waals surface area contributed by atoms with Crippen LogP contribution < -0.4 is 5.32 Å². The number of hydrogen-bond donors (Lipinski definition) is 1. The Kier molecular flexibility index (Phi) is 8.40. The van der Waals surface area contributed by atoms with Crippen molar-refractivity contribution in [3.05, 3.63) is 86.3 Å². The molecule has 0 radical (unpaired) electrons. The van der Waals surface area contributed by atoms with E-state index in [1.165, 1.54) is 11.8 Å². The van der Waals surface area contributed by atoms with Crippen LogP contribution in [-0.4, -0.2) is 34.9 Å². The molecule has 0 unspecified atom stereocenters. The topological polar surface area (TPSA) is 71.3 Å². The van der Waals surface area contributed by atoms with E-state index in [2.05, 4.69) is 15.2 Å². The Morgan fingerprint density at radius 3 is 2.73 bits per heavy atom. The van der Waals surface area contributed by atoms with E-state index in [9.17, 15) is 10.1 Å². The summed E-state index contributed by atoms with van der Waals surface area (Å²) in [6.07, 6.45) is 2.77. The summed E-state index contributed by atoms with van der Waals surface area (Å²) < 4.78 is 0. The van der Waals surface area contributed by atoms with Crippen molar-refractivity contribution in [1.29, 1.82) is 0 Å². The maximum Gasteiger partial charge on any atom is 0.263 e. The quantitative estimate of drug-likeness (QED) is 0.377. The summed E-state index contributed by atoms with van der Waals surface area (Å²) in [6, 6.07) is 13.6. The molecule has 138 valence electrons. The molecule has 0 spiro atoms. The van der Waals surface area contributed by atoms with Gasteiger partial charge in [-0.2, -0.15) is 0 Å². The fourth-order valence-electron chi connectivity index (χ4n) is 2.23. The monoisotopic (exact) mass is 392 g/mol. The fraction of sp³-hybridized carbons (Fsp3) is 0.278. The number of halogens is 1. The highest BCUT2D eigenvalue weighted by atomic mass is 35.5. The van der Waals surface area contributed by atoms with Crippen LogP contribution in [0.5, 0.6) is 0 Å². The molecule has 26 heavy (non-hydrogen) atoms. The summed E-state index contributed by atoms with van der Waals surface area (Å²) in [5, 5.41) is 15.0. The molecule has 0 fully saturated rings. The maximum absolute atomic E-state index is 10.8. The zero-order valence-corrected chi connectivity index (χ0v) is 16.0. The molecule has 1 N–H and O–H groups in total. The van der Waals surface area contributed by atoms with E-state index in [0.717, 1.165) is 30.4 Å². The Bertz CT molecular complexity index is 726. The van der Waals surface area contributed by atoms with Gasteiger partial charge in [0.05, 0.1) is 4.92 Å². The molecule has 1 aromatic heterocycles. The average molecular weight is 393 g/mol. The van der Waals surface area contributed by atoms with E-state index >= 15 is 0 Å². The molecule has 0 saturated carbocycles. The van der Waals surface area contributed by atoms with Crippen molar-refractivity contribution in [1.82, 2.24) is 15.2 Å². The molecular formula is C18H21ClN4O2S. The first-order chi connectivity index (χ1) is 12.5. The zero-order valence-electron chi connectivity index (χ0n) is 14.5. The number of nitrogens with zero attached hydrogens (tertiary/aromatic N) is 3. The number of thioether (sulfide) groups is 1. The van der Waals surface area contributed by atoms with Crippen molar-refractivity contribution in [3.8, 4) is 0 Å². The van der Waals surface area contributed by atoms with Gasteiger partial charge in [-0.25, -0.2) is 4.98 Å². The lowest BCUT2D eigenvalue weighted by atomic mass is 10.2. The molecule has 0 atom stereocenters. The summed E-state index contributed by atoms with van der Waals surface area (Å²) in [7, 11) is 1.99. The lowest BCUT2D eigenvalue weighted by Crippen LogP contribution is -2.28. The Labute approximate surface area is 162 Å². The Hall–Kier alpha value is -2.09. The molecule has 0 aliphatic carbocycles. The van der Waals surface area contributed by atoms with Gasteiger partial charge in [-0.3, -0.25) is 10.1 Å². The number of nitrogens with one attached hydrogen (secondary N) is 1. The largest absolute Gasteiger partial charge is 0.374 e. The van der Waals surface area contributed by atoms with Crippen LogP contribution in [0.2, 0.25) is 5.15 Å². The van der Waals surface area contributed by atoms with Crippen molar-refractivity contribution < 1.29 is 4.92 Å². The number of pyridine rings is 1. The van der Waals surface area contributed by atoms with Crippen LogP contribution in [0, 0.1) is 10.1 Å². The smallest absolute Gasteiger partial charge is 0.263 e. The SMILES string of the molecule is CN(CCN/C(=C\[N+](=O)[O-])SCc1ccccc1)Cc1ccc(Cl)nc1. The van der Waals surface area contributed by atoms with Gasteiger partial charge >= 0.3 is 0 Å². The molecular weight excluding hydrogens is 372 g/mol. The number of nitro groups is 1. The van der Waals surface area contributed by atoms with Crippen LogP contribution in [0.15, 0.2) is 59.9 Å². The van der Waals surface area contributed by atoms with E-state index in [4.69, 9.17) is 11.6 Å². The van der Waals surface area contributed by atoms with Crippen LogP contribution in [-0.2, 0) is 12.3 Å². The predicted molar refractivity (Wildman–Crippen MR) is 106 cm³/mol. The third-order valence-corrected chi connectivity index (χ3v) is 4.76. The molecule has 0 amide bonds. The highest BCUT2D eigenvalue weighted by Crippen LogP contribution is 2.19. The molecule has 2 rings (SSSR count). The molecule has 0 bridgehead atoms. The molecule has 6 nitrogen and oxygen atoms in total. The predicted octanol–water partition coefficient (Wildman–Crippen LogP) is 3.77. The van der Waals surface area contributed by atoms with Crippen molar-refractivity contribution >= 4 is 23.4 Å². The molecule has 0 saturated heterocycles.